The number of alkyl halides is 1. The average Bonchev–Trinajstić information content (AvgIpc) is 2.28. The number of fused-ring (bicyclic) bond motifs is 1. The van der Waals surface area contributed by atoms with E-state index in [0.717, 1.165) is 11.1 Å². The van der Waals surface area contributed by atoms with Crippen molar-refractivity contribution >= 4 is 5.78 Å². The third kappa shape index (κ3) is 1.62. The van der Waals surface area contributed by atoms with E-state index in [9.17, 15) is 9.18 Å². The largest absolute Gasteiger partial charge is 0.296 e. The Labute approximate surface area is 76.6 Å². The van der Waals surface area contributed by atoms with E-state index >= 15 is 0 Å². The Morgan fingerprint density at radius 2 is 1.85 bits per heavy atom. The molecule has 0 saturated heterocycles. The lowest BCUT2D eigenvalue weighted by molar-refractivity contribution is -0.123. The van der Waals surface area contributed by atoms with Crippen LogP contribution in [0.3, 0.4) is 0 Å². The van der Waals surface area contributed by atoms with Gasteiger partial charge in [-0.25, -0.2) is 4.39 Å². The lowest BCUT2D eigenvalue weighted by Crippen LogP contribution is -2.15. The average molecular weight is 178 g/mol. The predicted molar refractivity (Wildman–Crippen MR) is 48.4 cm³/mol. The molecule has 0 spiro atoms. The van der Waals surface area contributed by atoms with E-state index in [0.29, 0.717) is 12.8 Å². The van der Waals surface area contributed by atoms with Gasteiger partial charge in [0.05, 0.1) is 0 Å². The van der Waals surface area contributed by atoms with Gasteiger partial charge in [0.2, 0.25) is 0 Å². The third-order valence-electron chi connectivity index (χ3n) is 2.51. The molecule has 68 valence electrons. The Morgan fingerprint density at radius 1 is 1.15 bits per heavy atom. The first kappa shape index (κ1) is 8.42. The van der Waals surface area contributed by atoms with Crippen molar-refractivity contribution in [3.63, 3.8) is 0 Å². The molecule has 0 bridgehead atoms. The molecule has 1 unspecified atom stereocenters. The lowest BCUT2D eigenvalue weighted by atomic mass is 10.0. The molecule has 0 aliphatic heterocycles. The number of hydrogen-bond acceptors (Lipinski definition) is 1. The number of halogens is 1. The molecule has 1 aliphatic rings. The Bertz CT molecular complexity index is 333. The van der Waals surface area contributed by atoms with Crippen LogP contribution in [0.1, 0.15) is 17.5 Å². The van der Waals surface area contributed by atoms with Gasteiger partial charge in [-0.1, -0.05) is 24.3 Å². The molecule has 0 amide bonds. The first-order valence-corrected chi connectivity index (χ1v) is 4.51. The van der Waals surface area contributed by atoms with Crippen molar-refractivity contribution in [3.05, 3.63) is 35.4 Å². The standard InChI is InChI=1S/C11H11FO/c12-10-7-9-4-2-1-3-8(9)5-6-11(10)13/h1-4,10H,5-7H2. The monoisotopic (exact) mass is 178 g/mol. The number of ketones is 1. The number of aryl methyl sites for hydroxylation is 1. The summed E-state index contributed by atoms with van der Waals surface area (Å²) < 4.78 is 13.2. The molecule has 1 aromatic rings. The van der Waals surface area contributed by atoms with Crippen LogP contribution in [-0.2, 0) is 17.6 Å². The number of hydrogen-bond donors (Lipinski definition) is 0. The van der Waals surface area contributed by atoms with E-state index < -0.39 is 6.17 Å². The second-order valence-electron chi connectivity index (χ2n) is 3.41. The van der Waals surface area contributed by atoms with Gasteiger partial charge in [0, 0.05) is 12.8 Å². The summed E-state index contributed by atoms with van der Waals surface area (Å²) in [5.74, 6) is -0.254. The quantitative estimate of drug-likeness (QED) is 0.556. The fraction of sp³-hybridized carbons (Fsp3) is 0.364. The summed E-state index contributed by atoms with van der Waals surface area (Å²) in [5.41, 5.74) is 2.11. The van der Waals surface area contributed by atoms with E-state index in [4.69, 9.17) is 0 Å². The molecular formula is C11H11FO. The molecule has 1 aromatic carbocycles. The van der Waals surface area contributed by atoms with Gasteiger partial charge in [0.1, 0.15) is 0 Å². The van der Waals surface area contributed by atoms with Gasteiger partial charge in [-0.15, -0.1) is 0 Å². The van der Waals surface area contributed by atoms with Gasteiger partial charge in [-0.2, -0.15) is 0 Å². The Morgan fingerprint density at radius 3 is 2.62 bits per heavy atom. The van der Waals surface area contributed by atoms with Crippen molar-refractivity contribution in [2.45, 2.75) is 25.4 Å². The van der Waals surface area contributed by atoms with Crippen LogP contribution in [0.15, 0.2) is 24.3 Å². The smallest absolute Gasteiger partial charge is 0.167 e. The van der Waals surface area contributed by atoms with Crippen LogP contribution in [0.4, 0.5) is 4.39 Å². The molecule has 0 N–H and O–H groups in total. The molecule has 2 rings (SSSR count). The minimum absolute atomic E-state index is 0.254. The number of Topliss-reactive ketones (excluding diaryl/α,β-unsaturated/α-hetero) is 1. The molecule has 0 radical (unpaired) electrons. The van der Waals surface area contributed by atoms with Crippen molar-refractivity contribution in [1.29, 1.82) is 0 Å². The zero-order valence-electron chi connectivity index (χ0n) is 7.29. The van der Waals surface area contributed by atoms with Crippen LogP contribution in [0.2, 0.25) is 0 Å². The summed E-state index contributed by atoms with van der Waals surface area (Å²) in [6.45, 7) is 0. The first-order chi connectivity index (χ1) is 6.27. The molecule has 2 heteroatoms. The molecule has 0 saturated carbocycles. The fourth-order valence-corrected chi connectivity index (χ4v) is 1.72. The van der Waals surface area contributed by atoms with Crippen molar-refractivity contribution in [3.8, 4) is 0 Å². The van der Waals surface area contributed by atoms with Crippen LogP contribution in [-0.4, -0.2) is 12.0 Å². The highest BCUT2D eigenvalue weighted by Crippen LogP contribution is 2.20. The van der Waals surface area contributed by atoms with Crippen LogP contribution in [0.25, 0.3) is 0 Å². The highest BCUT2D eigenvalue weighted by Gasteiger charge is 2.22. The van der Waals surface area contributed by atoms with Crippen molar-refractivity contribution in [1.82, 2.24) is 0 Å². The summed E-state index contributed by atoms with van der Waals surface area (Å²) in [6, 6.07) is 7.70. The van der Waals surface area contributed by atoms with Gasteiger partial charge in [0.15, 0.2) is 12.0 Å². The van der Waals surface area contributed by atoms with E-state index in [-0.39, 0.29) is 12.2 Å². The lowest BCUT2D eigenvalue weighted by Gasteiger charge is -2.03. The molecule has 0 aromatic heterocycles. The minimum Gasteiger partial charge on any atom is -0.296 e. The number of benzene rings is 1. The second kappa shape index (κ2) is 3.29. The highest BCUT2D eigenvalue weighted by molar-refractivity contribution is 5.84. The molecule has 13 heavy (non-hydrogen) atoms. The number of carbonyl (C=O) groups excluding carboxylic acids is 1. The van der Waals surface area contributed by atoms with Crippen molar-refractivity contribution in [2.75, 3.05) is 0 Å². The SMILES string of the molecule is O=C1CCc2ccccc2CC1F. The maximum Gasteiger partial charge on any atom is 0.167 e. The van der Waals surface area contributed by atoms with E-state index in [1.807, 2.05) is 24.3 Å². The molecule has 1 aliphatic carbocycles. The number of rotatable bonds is 0. The third-order valence-corrected chi connectivity index (χ3v) is 2.51. The summed E-state index contributed by atoms with van der Waals surface area (Å²) in [7, 11) is 0. The Hall–Kier alpha value is -1.18. The Kier molecular flexibility index (Phi) is 2.13. The van der Waals surface area contributed by atoms with Gasteiger partial charge in [-0.3, -0.25) is 4.79 Å². The van der Waals surface area contributed by atoms with Crippen LogP contribution in [0.5, 0.6) is 0 Å². The van der Waals surface area contributed by atoms with Crippen molar-refractivity contribution < 1.29 is 9.18 Å². The first-order valence-electron chi connectivity index (χ1n) is 4.51. The minimum atomic E-state index is -1.29. The van der Waals surface area contributed by atoms with Gasteiger partial charge < -0.3 is 0 Å². The molecular weight excluding hydrogens is 167 g/mol. The summed E-state index contributed by atoms with van der Waals surface area (Å²) in [6.07, 6.45) is 0.00597. The zero-order valence-corrected chi connectivity index (χ0v) is 7.29. The maximum atomic E-state index is 13.2. The predicted octanol–water partition coefficient (Wildman–Crippen LogP) is 2.08. The van der Waals surface area contributed by atoms with E-state index in [1.165, 1.54) is 0 Å². The van der Waals surface area contributed by atoms with Crippen molar-refractivity contribution in [2.24, 2.45) is 0 Å². The zero-order chi connectivity index (χ0) is 9.26. The van der Waals surface area contributed by atoms with Gasteiger partial charge in [0.25, 0.3) is 0 Å². The second-order valence-corrected chi connectivity index (χ2v) is 3.41. The summed E-state index contributed by atoms with van der Waals surface area (Å²) in [5, 5.41) is 0. The van der Waals surface area contributed by atoms with Crippen LogP contribution >= 0.6 is 0 Å². The Balaban J connectivity index is 2.35. The van der Waals surface area contributed by atoms with Gasteiger partial charge in [-0.05, 0) is 17.5 Å². The van der Waals surface area contributed by atoms with Crippen LogP contribution in [0, 0.1) is 0 Å². The van der Waals surface area contributed by atoms with E-state index in [2.05, 4.69) is 0 Å². The highest BCUT2D eigenvalue weighted by atomic mass is 19.1. The van der Waals surface area contributed by atoms with E-state index in [1.54, 1.807) is 0 Å². The fourth-order valence-electron chi connectivity index (χ4n) is 1.72. The molecule has 1 nitrogen and oxygen atoms in total. The van der Waals surface area contributed by atoms with Crippen LogP contribution < -0.4 is 0 Å². The molecule has 1 atom stereocenters. The normalized spacial score (nSPS) is 22.2. The van der Waals surface area contributed by atoms with Gasteiger partial charge >= 0.3 is 0 Å². The number of carbonyl (C=O) groups is 1. The summed E-state index contributed by atoms with van der Waals surface area (Å²) in [4.78, 5) is 11.1. The molecule has 0 heterocycles. The summed E-state index contributed by atoms with van der Waals surface area (Å²) >= 11 is 0. The molecule has 0 fully saturated rings. The maximum absolute atomic E-state index is 13.2. The topological polar surface area (TPSA) is 17.1 Å².